The summed E-state index contributed by atoms with van der Waals surface area (Å²) in [4.78, 5) is 16.2. The van der Waals surface area contributed by atoms with Crippen molar-refractivity contribution in [1.82, 2.24) is 9.80 Å². The third kappa shape index (κ3) is 4.75. The monoisotopic (exact) mass is 416 g/mol. The number of nitrogens with zero attached hydrogens (tertiary/aromatic N) is 2. The van der Waals surface area contributed by atoms with Gasteiger partial charge in [-0.3, -0.25) is 9.69 Å². The summed E-state index contributed by atoms with van der Waals surface area (Å²) in [6.07, 6.45) is -4.47. The lowest BCUT2D eigenvalue weighted by molar-refractivity contribution is -0.137. The fraction of sp³-hybridized carbons (Fsp3) is 0.316. The van der Waals surface area contributed by atoms with Crippen LogP contribution in [0.25, 0.3) is 0 Å². The number of halogens is 5. The summed E-state index contributed by atoms with van der Waals surface area (Å²) in [6, 6.07) is 9.85. The minimum Gasteiger partial charge on any atom is -0.336 e. The van der Waals surface area contributed by atoms with Gasteiger partial charge in [0.25, 0.3) is 5.91 Å². The van der Waals surface area contributed by atoms with Gasteiger partial charge >= 0.3 is 6.18 Å². The van der Waals surface area contributed by atoms with Crippen LogP contribution in [0.1, 0.15) is 21.5 Å². The highest BCUT2D eigenvalue weighted by atomic mass is 35.5. The van der Waals surface area contributed by atoms with E-state index in [2.05, 4.69) is 4.90 Å². The molecular weight excluding hydrogens is 400 g/mol. The summed E-state index contributed by atoms with van der Waals surface area (Å²) in [5.74, 6) is -0.392. The smallest absolute Gasteiger partial charge is 0.336 e. The van der Waals surface area contributed by atoms with Gasteiger partial charge in [0.1, 0.15) is 0 Å². The lowest BCUT2D eigenvalue weighted by atomic mass is 10.1. The minimum atomic E-state index is -4.47. The van der Waals surface area contributed by atoms with Gasteiger partial charge in [-0.25, -0.2) is 0 Å². The van der Waals surface area contributed by atoms with Crippen molar-refractivity contribution in [2.75, 3.05) is 26.2 Å². The van der Waals surface area contributed by atoms with Crippen LogP contribution in [-0.2, 0) is 12.7 Å². The number of hydrogen-bond donors (Lipinski definition) is 0. The predicted octanol–water partition coefficient (Wildman–Crippen LogP) is 4.97. The number of rotatable bonds is 3. The molecule has 1 aliphatic heterocycles. The van der Waals surface area contributed by atoms with E-state index in [1.807, 2.05) is 0 Å². The van der Waals surface area contributed by atoms with E-state index in [9.17, 15) is 18.0 Å². The number of piperazine rings is 1. The molecule has 0 spiro atoms. The van der Waals surface area contributed by atoms with Crippen LogP contribution in [0.5, 0.6) is 0 Å². The van der Waals surface area contributed by atoms with E-state index in [0.717, 1.165) is 17.7 Å². The van der Waals surface area contributed by atoms with Crippen molar-refractivity contribution in [3.8, 4) is 0 Å². The molecule has 0 radical (unpaired) electrons. The van der Waals surface area contributed by atoms with Crippen molar-refractivity contribution < 1.29 is 18.0 Å². The zero-order valence-electron chi connectivity index (χ0n) is 14.3. The molecular formula is C19H17Cl2F3N2O. The zero-order valence-corrected chi connectivity index (χ0v) is 15.8. The molecule has 0 unspecified atom stereocenters. The summed E-state index contributed by atoms with van der Waals surface area (Å²) in [7, 11) is 0. The highest BCUT2D eigenvalue weighted by Crippen LogP contribution is 2.30. The van der Waals surface area contributed by atoms with Gasteiger partial charge in [0.05, 0.1) is 5.56 Å². The topological polar surface area (TPSA) is 23.6 Å². The second-order valence-electron chi connectivity index (χ2n) is 6.35. The summed E-state index contributed by atoms with van der Waals surface area (Å²) in [5.41, 5.74) is 0.0614. The van der Waals surface area contributed by atoms with Gasteiger partial charge in [-0.1, -0.05) is 35.3 Å². The van der Waals surface area contributed by atoms with Gasteiger partial charge in [-0.2, -0.15) is 13.2 Å². The standard InChI is InChI=1S/C19H17Cl2F3N2O/c20-16-5-2-6-17(21)15(16)12-25-7-9-26(10-8-25)18(27)13-3-1-4-14(11-13)19(22,23)24/h1-6,11H,7-10,12H2. The second kappa shape index (κ2) is 8.09. The van der Waals surface area contributed by atoms with E-state index in [4.69, 9.17) is 23.2 Å². The molecule has 0 bridgehead atoms. The molecule has 0 saturated carbocycles. The molecule has 27 heavy (non-hydrogen) atoms. The largest absolute Gasteiger partial charge is 0.416 e. The number of amides is 1. The zero-order chi connectivity index (χ0) is 19.6. The number of benzene rings is 2. The second-order valence-corrected chi connectivity index (χ2v) is 7.16. The Morgan fingerprint density at radius 1 is 0.963 bits per heavy atom. The molecule has 1 fully saturated rings. The molecule has 8 heteroatoms. The van der Waals surface area contributed by atoms with Gasteiger partial charge in [0.2, 0.25) is 0 Å². The average Bonchev–Trinajstić information content (AvgIpc) is 2.64. The summed E-state index contributed by atoms with van der Waals surface area (Å²) >= 11 is 12.4. The SMILES string of the molecule is O=C(c1cccc(C(F)(F)F)c1)N1CCN(Cc2c(Cl)cccc2Cl)CC1. The van der Waals surface area contributed by atoms with E-state index < -0.39 is 17.6 Å². The van der Waals surface area contributed by atoms with Crippen LogP contribution in [0.2, 0.25) is 10.0 Å². The van der Waals surface area contributed by atoms with Crippen LogP contribution in [0, 0.1) is 0 Å². The Hall–Kier alpha value is -1.76. The van der Waals surface area contributed by atoms with Crippen molar-refractivity contribution in [1.29, 1.82) is 0 Å². The van der Waals surface area contributed by atoms with E-state index >= 15 is 0 Å². The maximum atomic E-state index is 12.8. The lowest BCUT2D eigenvalue weighted by Gasteiger charge is -2.35. The molecule has 2 aromatic carbocycles. The minimum absolute atomic E-state index is 0.0485. The van der Waals surface area contributed by atoms with Crippen molar-refractivity contribution >= 4 is 29.1 Å². The van der Waals surface area contributed by atoms with Gasteiger partial charge in [0.15, 0.2) is 0 Å². The number of carbonyl (C=O) groups is 1. The van der Waals surface area contributed by atoms with E-state index in [1.54, 1.807) is 23.1 Å². The molecule has 2 aromatic rings. The summed E-state index contributed by atoms with van der Waals surface area (Å²) in [6.45, 7) is 2.59. The molecule has 1 amide bonds. The highest BCUT2D eigenvalue weighted by Gasteiger charge is 2.31. The van der Waals surface area contributed by atoms with Crippen molar-refractivity contribution in [2.24, 2.45) is 0 Å². The van der Waals surface area contributed by atoms with Crippen LogP contribution in [-0.4, -0.2) is 41.9 Å². The molecule has 1 saturated heterocycles. The number of carbonyl (C=O) groups excluding carboxylic acids is 1. The van der Waals surface area contributed by atoms with Crippen molar-refractivity contribution in [2.45, 2.75) is 12.7 Å². The average molecular weight is 417 g/mol. The van der Waals surface area contributed by atoms with Crippen LogP contribution >= 0.6 is 23.2 Å². The van der Waals surface area contributed by atoms with Gasteiger partial charge < -0.3 is 4.90 Å². The molecule has 0 atom stereocenters. The molecule has 144 valence electrons. The Morgan fingerprint density at radius 3 is 2.15 bits per heavy atom. The van der Waals surface area contributed by atoms with E-state index in [0.29, 0.717) is 42.8 Å². The lowest BCUT2D eigenvalue weighted by Crippen LogP contribution is -2.48. The van der Waals surface area contributed by atoms with Gasteiger partial charge in [-0.15, -0.1) is 0 Å². The number of hydrogen-bond acceptors (Lipinski definition) is 2. The predicted molar refractivity (Wildman–Crippen MR) is 99.1 cm³/mol. The van der Waals surface area contributed by atoms with Gasteiger partial charge in [-0.05, 0) is 30.3 Å². The maximum absolute atomic E-state index is 12.8. The first kappa shape index (κ1) is 20.0. The molecule has 0 aliphatic carbocycles. The Balaban J connectivity index is 1.63. The van der Waals surface area contributed by atoms with Crippen molar-refractivity contribution in [3.63, 3.8) is 0 Å². The normalized spacial score (nSPS) is 15.8. The maximum Gasteiger partial charge on any atom is 0.416 e. The fourth-order valence-corrected chi connectivity index (χ4v) is 3.54. The fourth-order valence-electron chi connectivity index (χ4n) is 3.03. The Labute approximate surface area is 165 Å². The van der Waals surface area contributed by atoms with Crippen molar-refractivity contribution in [3.05, 3.63) is 69.2 Å². The first-order chi connectivity index (χ1) is 12.8. The Bertz CT molecular complexity index is 814. The first-order valence-electron chi connectivity index (χ1n) is 8.37. The molecule has 1 aliphatic rings. The van der Waals surface area contributed by atoms with Crippen LogP contribution in [0.3, 0.4) is 0 Å². The number of alkyl halides is 3. The quantitative estimate of drug-likeness (QED) is 0.704. The Morgan fingerprint density at radius 2 is 1.56 bits per heavy atom. The molecule has 0 N–H and O–H groups in total. The molecule has 1 heterocycles. The third-order valence-electron chi connectivity index (χ3n) is 4.54. The molecule has 3 rings (SSSR count). The van der Waals surface area contributed by atoms with E-state index in [-0.39, 0.29) is 5.56 Å². The molecule has 0 aromatic heterocycles. The van der Waals surface area contributed by atoms with Crippen LogP contribution < -0.4 is 0 Å². The van der Waals surface area contributed by atoms with Crippen LogP contribution in [0.15, 0.2) is 42.5 Å². The highest BCUT2D eigenvalue weighted by molar-refractivity contribution is 6.35. The van der Waals surface area contributed by atoms with Crippen LogP contribution in [0.4, 0.5) is 13.2 Å². The Kier molecular flexibility index (Phi) is 5.99. The third-order valence-corrected chi connectivity index (χ3v) is 5.25. The van der Waals surface area contributed by atoms with E-state index in [1.165, 1.54) is 12.1 Å². The molecule has 3 nitrogen and oxygen atoms in total. The first-order valence-corrected chi connectivity index (χ1v) is 9.13. The summed E-state index contributed by atoms with van der Waals surface area (Å²) in [5, 5.41) is 1.18. The van der Waals surface area contributed by atoms with Gasteiger partial charge in [0, 0.05) is 53.9 Å². The summed E-state index contributed by atoms with van der Waals surface area (Å²) < 4.78 is 38.5.